The number of hydrogen-bond donors (Lipinski definition) is 2. The lowest BCUT2D eigenvalue weighted by molar-refractivity contribution is 0.598. The molecule has 0 atom stereocenters. The third-order valence-electron chi connectivity index (χ3n) is 2.19. The highest BCUT2D eigenvalue weighted by Gasteiger charge is 2.08. The van der Waals surface area contributed by atoms with Crippen LogP contribution in [0.4, 0.5) is 5.69 Å². The predicted octanol–water partition coefficient (Wildman–Crippen LogP) is 0.478. The molecule has 0 amide bonds. The van der Waals surface area contributed by atoms with Gasteiger partial charge in [-0.2, -0.15) is 0 Å². The van der Waals surface area contributed by atoms with Gasteiger partial charge in [0, 0.05) is 25.3 Å². The van der Waals surface area contributed by atoms with E-state index in [9.17, 15) is 8.42 Å². The zero-order valence-electron chi connectivity index (χ0n) is 13.0. The minimum Gasteiger partial charge on any atom is -0.369 e. The Bertz CT molecular complexity index is 705. The van der Waals surface area contributed by atoms with Crippen molar-refractivity contribution in [3.63, 3.8) is 0 Å². The first kappa shape index (κ1) is 18.4. The number of primary sulfonamides is 1. The van der Waals surface area contributed by atoms with Crippen molar-refractivity contribution in [2.24, 2.45) is 10.1 Å². The maximum absolute atomic E-state index is 11.4. The Morgan fingerprint density at radius 2 is 1.95 bits per heavy atom. The van der Waals surface area contributed by atoms with Crippen molar-refractivity contribution in [1.82, 2.24) is 9.80 Å². The van der Waals surface area contributed by atoms with Crippen molar-refractivity contribution >= 4 is 43.6 Å². The summed E-state index contributed by atoms with van der Waals surface area (Å²) in [4.78, 5) is 8.06. The molecule has 1 aromatic carbocycles. The molecule has 3 N–H and O–H groups in total. The van der Waals surface area contributed by atoms with Crippen LogP contribution in [0.5, 0.6) is 0 Å². The lowest BCUT2D eigenvalue weighted by atomic mass is 10.3. The summed E-state index contributed by atoms with van der Waals surface area (Å²) in [7, 11) is 5.19. The number of nitrogens with two attached hydrogens (primary N) is 1. The smallest absolute Gasteiger partial charge is 0.238 e. The summed E-state index contributed by atoms with van der Waals surface area (Å²) in [6.45, 7) is 0. The number of nitrogens with zero attached hydrogens (tertiary/aromatic N) is 3. The number of aliphatic imine (C=N–C) groups is 1. The zero-order chi connectivity index (χ0) is 16.8. The van der Waals surface area contributed by atoms with Crippen LogP contribution in [0.2, 0.25) is 0 Å². The molecule has 0 saturated carbocycles. The van der Waals surface area contributed by atoms with Crippen molar-refractivity contribution in [2.75, 3.05) is 33.5 Å². The molecule has 0 unspecified atom stereocenters. The average Bonchev–Trinajstić information content (AvgIpc) is 2.41. The van der Waals surface area contributed by atoms with Gasteiger partial charge in [-0.25, -0.2) is 18.5 Å². The summed E-state index contributed by atoms with van der Waals surface area (Å²) in [5, 5.41) is 8.82. The molecule has 22 heavy (non-hydrogen) atoms. The van der Waals surface area contributed by atoms with Crippen molar-refractivity contribution in [3.05, 3.63) is 24.3 Å². The molecule has 0 bridgehead atoms. The van der Waals surface area contributed by atoms with Gasteiger partial charge in [-0.1, -0.05) is 17.0 Å². The summed E-state index contributed by atoms with van der Waals surface area (Å²) in [5.41, 5.74) is 2.47. The fraction of sp³-hybridized carbons (Fsp3) is 0.308. The van der Waals surface area contributed by atoms with E-state index in [-0.39, 0.29) is 4.90 Å². The second kappa shape index (κ2) is 8.08. The van der Waals surface area contributed by atoms with Gasteiger partial charge in [0.05, 0.1) is 11.2 Å². The van der Waals surface area contributed by atoms with Crippen molar-refractivity contribution < 1.29 is 8.42 Å². The lowest BCUT2D eigenvalue weighted by Crippen LogP contribution is -2.15. The highest BCUT2D eigenvalue weighted by molar-refractivity contribution is 7.97. The van der Waals surface area contributed by atoms with Crippen LogP contribution in [0.3, 0.4) is 0 Å². The number of benzene rings is 1. The molecule has 1 rings (SSSR count). The number of hydrogen-bond acceptors (Lipinski definition) is 2. The standard InChI is InChI=1S/C13H21N5O2S2/c1-17(2)9-15-13(21-10-18(3)4)16-11-6-5-7-12(8-11)22(14,19)20/h5-10,16H,1-4H3,(H2,14,19,20)/b15-9+. The Labute approximate surface area is 135 Å². The zero-order valence-corrected chi connectivity index (χ0v) is 14.6. The van der Waals surface area contributed by atoms with Gasteiger partial charge in [-0.15, -0.1) is 0 Å². The molecule has 0 fully saturated rings. The van der Waals surface area contributed by atoms with Crippen LogP contribution in [0.25, 0.3) is 0 Å². The number of sulfonamides is 1. The number of anilines is 1. The third kappa shape index (κ3) is 6.85. The van der Waals surface area contributed by atoms with Crippen molar-refractivity contribution in [3.8, 4) is 0 Å². The SMILES string of the molecule is CN(C)C=S=C(/N=C/N(C)C)Nc1cccc(S(N)(=O)=O)c1. The van der Waals surface area contributed by atoms with Gasteiger partial charge in [0.2, 0.25) is 10.0 Å². The van der Waals surface area contributed by atoms with Crippen LogP contribution < -0.4 is 10.5 Å². The quantitative estimate of drug-likeness (QED) is 0.471. The van der Waals surface area contributed by atoms with E-state index < -0.39 is 10.0 Å². The first-order valence-electron chi connectivity index (χ1n) is 6.32. The van der Waals surface area contributed by atoms with E-state index in [1.165, 1.54) is 23.1 Å². The van der Waals surface area contributed by atoms with Crippen molar-refractivity contribution in [2.45, 2.75) is 4.90 Å². The molecule has 0 aliphatic carbocycles. The Morgan fingerprint density at radius 1 is 1.27 bits per heavy atom. The first-order chi connectivity index (χ1) is 10.2. The first-order valence-corrected chi connectivity index (χ1v) is 8.75. The van der Waals surface area contributed by atoms with E-state index in [1.54, 1.807) is 23.4 Å². The molecule has 0 aliphatic heterocycles. The highest BCUT2D eigenvalue weighted by Crippen LogP contribution is 2.14. The molecule has 122 valence electrons. The third-order valence-corrected chi connectivity index (χ3v) is 4.06. The summed E-state index contributed by atoms with van der Waals surface area (Å²) in [6, 6.07) is 6.28. The van der Waals surface area contributed by atoms with Gasteiger partial charge >= 0.3 is 0 Å². The van der Waals surface area contributed by atoms with E-state index >= 15 is 0 Å². The number of nitrogens with one attached hydrogen (secondary N) is 1. The second-order valence-electron chi connectivity index (χ2n) is 4.90. The summed E-state index contributed by atoms with van der Waals surface area (Å²) in [5.74, 6) is 0. The monoisotopic (exact) mass is 343 g/mol. The molecule has 0 aromatic heterocycles. The summed E-state index contributed by atoms with van der Waals surface area (Å²) >= 11 is 0. The van der Waals surface area contributed by atoms with Gasteiger partial charge in [-0.05, 0) is 32.3 Å². The lowest BCUT2D eigenvalue weighted by Gasteiger charge is -2.08. The molecular weight excluding hydrogens is 322 g/mol. The minimum absolute atomic E-state index is 0.0510. The molecule has 0 radical (unpaired) electrons. The largest absolute Gasteiger partial charge is 0.369 e. The number of rotatable bonds is 4. The fourth-order valence-electron chi connectivity index (χ4n) is 1.29. The molecule has 0 spiro atoms. The topological polar surface area (TPSA) is 91.0 Å². The molecule has 1 aromatic rings. The summed E-state index contributed by atoms with van der Waals surface area (Å²) < 4.78 is 22.8. The van der Waals surface area contributed by atoms with Gasteiger partial charge in [0.15, 0.2) is 5.11 Å². The fourth-order valence-corrected chi connectivity index (χ4v) is 2.44. The molecular formula is C13H21N5O2S2. The molecule has 0 heterocycles. The van der Waals surface area contributed by atoms with Gasteiger partial charge in [0.1, 0.15) is 0 Å². The minimum atomic E-state index is -3.73. The Morgan fingerprint density at radius 3 is 2.50 bits per heavy atom. The van der Waals surface area contributed by atoms with Crippen LogP contribution >= 0.6 is 10.9 Å². The van der Waals surface area contributed by atoms with E-state index in [0.29, 0.717) is 10.8 Å². The Hall–Kier alpha value is -1.68. The normalized spacial score (nSPS) is 11.5. The Balaban J connectivity index is 3.12. The van der Waals surface area contributed by atoms with Gasteiger partial charge in [-0.3, -0.25) is 4.90 Å². The highest BCUT2D eigenvalue weighted by atomic mass is 32.2. The van der Waals surface area contributed by atoms with Crippen LogP contribution in [0, 0.1) is 0 Å². The van der Waals surface area contributed by atoms with Crippen LogP contribution in [-0.4, -0.2) is 63.4 Å². The van der Waals surface area contributed by atoms with E-state index in [2.05, 4.69) is 10.3 Å². The maximum Gasteiger partial charge on any atom is 0.238 e. The van der Waals surface area contributed by atoms with Crippen LogP contribution in [0.15, 0.2) is 34.2 Å². The molecule has 9 heteroatoms. The van der Waals surface area contributed by atoms with Crippen molar-refractivity contribution in [1.29, 1.82) is 0 Å². The van der Waals surface area contributed by atoms with E-state index in [4.69, 9.17) is 5.14 Å². The van der Waals surface area contributed by atoms with Crippen LogP contribution in [0.1, 0.15) is 0 Å². The second-order valence-corrected chi connectivity index (χ2v) is 7.29. The summed E-state index contributed by atoms with van der Waals surface area (Å²) in [6.07, 6.45) is 1.66. The predicted molar refractivity (Wildman–Crippen MR) is 96.0 cm³/mol. The Kier molecular flexibility index (Phi) is 6.75. The van der Waals surface area contributed by atoms with E-state index in [0.717, 1.165) is 0 Å². The van der Waals surface area contributed by atoms with E-state index in [1.807, 2.05) is 38.6 Å². The molecule has 0 aliphatic rings. The maximum atomic E-state index is 11.4. The van der Waals surface area contributed by atoms with Crippen LogP contribution in [-0.2, 0) is 10.0 Å². The average molecular weight is 343 g/mol. The molecule has 0 saturated heterocycles. The van der Waals surface area contributed by atoms with Gasteiger partial charge < -0.3 is 10.2 Å². The van der Waals surface area contributed by atoms with Gasteiger partial charge in [0.25, 0.3) is 0 Å². The molecule has 7 nitrogen and oxygen atoms in total.